The molecule has 0 fully saturated rings. The molecule has 0 spiro atoms. The Morgan fingerprint density at radius 2 is 2.08 bits per heavy atom. The highest BCUT2D eigenvalue weighted by molar-refractivity contribution is 7.99. The third kappa shape index (κ3) is 4.57. The molecule has 7 nitrogen and oxygen atoms in total. The Kier molecular flexibility index (Phi) is 5.80. The largest absolute Gasteiger partial charge is 0.494 e. The van der Waals surface area contributed by atoms with E-state index in [1.165, 1.54) is 16.8 Å². The number of carbonyl (C=O) groups excluding carboxylic acids is 1. The number of tetrazole rings is 1. The van der Waals surface area contributed by atoms with Crippen LogP contribution in [0.5, 0.6) is 5.75 Å². The van der Waals surface area contributed by atoms with E-state index in [1.807, 2.05) is 6.92 Å². The van der Waals surface area contributed by atoms with Gasteiger partial charge in [0.15, 0.2) is 0 Å². The van der Waals surface area contributed by atoms with Crippen molar-refractivity contribution in [3.05, 3.63) is 54.3 Å². The molecule has 3 aromatic rings. The molecular formula is C17H16FN5O2S. The molecule has 1 aromatic heterocycles. The van der Waals surface area contributed by atoms with Gasteiger partial charge < -0.3 is 10.1 Å². The normalized spacial score (nSPS) is 10.5. The average molecular weight is 373 g/mol. The number of thioether (sulfide) groups is 1. The number of ether oxygens (including phenoxy) is 1. The molecule has 2 aromatic carbocycles. The minimum Gasteiger partial charge on any atom is -0.494 e. The molecule has 0 atom stereocenters. The van der Waals surface area contributed by atoms with Crippen LogP contribution >= 0.6 is 11.8 Å². The topological polar surface area (TPSA) is 81.9 Å². The summed E-state index contributed by atoms with van der Waals surface area (Å²) in [6.45, 7) is 2.49. The van der Waals surface area contributed by atoms with Gasteiger partial charge in [-0.15, -0.1) is 5.10 Å². The fourth-order valence-electron chi connectivity index (χ4n) is 2.17. The van der Waals surface area contributed by atoms with E-state index in [-0.39, 0.29) is 17.5 Å². The highest BCUT2D eigenvalue weighted by Gasteiger charge is 2.12. The zero-order chi connectivity index (χ0) is 18.4. The zero-order valence-electron chi connectivity index (χ0n) is 13.9. The Labute approximate surface area is 153 Å². The molecule has 0 aliphatic heterocycles. The van der Waals surface area contributed by atoms with Crippen LogP contribution in [0.1, 0.15) is 6.92 Å². The molecule has 0 aliphatic rings. The molecule has 0 aliphatic carbocycles. The van der Waals surface area contributed by atoms with E-state index >= 15 is 0 Å². The van der Waals surface area contributed by atoms with Crippen LogP contribution in [-0.2, 0) is 4.79 Å². The van der Waals surface area contributed by atoms with Crippen LogP contribution in [0.15, 0.2) is 53.7 Å². The summed E-state index contributed by atoms with van der Waals surface area (Å²) >= 11 is 1.16. The van der Waals surface area contributed by atoms with E-state index in [4.69, 9.17) is 4.74 Å². The number of benzene rings is 2. The maximum atomic E-state index is 13.4. The monoisotopic (exact) mass is 373 g/mol. The van der Waals surface area contributed by atoms with Gasteiger partial charge in [-0.25, -0.2) is 4.39 Å². The summed E-state index contributed by atoms with van der Waals surface area (Å²) in [5.74, 6) is 0.271. The molecule has 0 unspecified atom stereocenters. The molecule has 1 N–H and O–H groups in total. The average Bonchev–Trinajstić information content (AvgIpc) is 3.10. The van der Waals surface area contributed by atoms with Gasteiger partial charge in [0.05, 0.1) is 18.0 Å². The quantitative estimate of drug-likeness (QED) is 0.641. The van der Waals surface area contributed by atoms with Crippen molar-refractivity contribution in [3.8, 4) is 11.4 Å². The van der Waals surface area contributed by atoms with E-state index in [1.54, 1.807) is 36.4 Å². The molecule has 0 saturated carbocycles. The Bertz CT molecular complexity index is 885. The first-order chi connectivity index (χ1) is 12.7. The minimum atomic E-state index is -0.387. The predicted octanol–water partition coefficient (Wildman–Crippen LogP) is 2.93. The van der Waals surface area contributed by atoms with Gasteiger partial charge in [-0.05, 0) is 59.8 Å². The van der Waals surface area contributed by atoms with Gasteiger partial charge in [-0.3, -0.25) is 4.79 Å². The first kappa shape index (κ1) is 17.9. The highest BCUT2D eigenvalue weighted by Crippen LogP contribution is 2.20. The molecule has 3 rings (SSSR count). The van der Waals surface area contributed by atoms with Crippen molar-refractivity contribution in [3.63, 3.8) is 0 Å². The molecule has 0 bridgehead atoms. The summed E-state index contributed by atoms with van der Waals surface area (Å²) in [7, 11) is 0. The second-order valence-corrected chi connectivity index (χ2v) is 6.09. The number of nitrogens with zero attached hydrogens (tertiary/aromatic N) is 4. The van der Waals surface area contributed by atoms with E-state index in [0.29, 0.717) is 23.1 Å². The number of hydrogen-bond donors (Lipinski definition) is 1. The Morgan fingerprint density at radius 1 is 1.27 bits per heavy atom. The second kappa shape index (κ2) is 8.43. The minimum absolute atomic E-state index is 0.114. The van der Waals surface area contributed by atoms with Crippen LogP contribution < -0.4 is 10.1 Å². The summed E-state index contributed by atoms with van der Waals surface area (Å²) in [6, 6.07) is 13.0. The van der Waals surface area contributed by atoms with E-state index in [0.717, 1.165) is 17.5 Å². The molecule has 26 heavy (non-hydrogen) atoms. The van der Waals surface area contributed by atoms with Crippen molar-refractivity contribution >= 4 is 23.4 Å². The number of halogens is 1. The van der Waals surface area contributed by atoms with Crippen molar-refractivity contribution < 1.29 is 13.9 Å². The standard InChI is InChI=1S/C17H16FN5O2S/c1-2-25-15-8-6-13(7-9-15)19-16(24)11-26-17-20-21-22-23(17)14-5-3-4-12(18)10-14/h3-10H,2,11H2,1H3,(H,19,24). The molecule has 0 radical (unpaired) electrons. The fourth-order valence-corrected chi connectivity index (χ4v) is 2.86. The van der Waals surface area contributed by atoms with Gasteiger partial charge in [-0.1, -0.05) is 17.8 Å². The van der Waals surface area contributed by atoms with Crippen LogP contribution in [-0.4, -0.2) is 38.5 Å². The van der Waals surface area contributed by atoms with Crippen molar-refractivity contribution in [1.82, 2.24) is 20.2 Å². The van der Waals surface area contributed by atoms with Crippen LogP contribution in [0.25, 0.3) is 5.69 Å². The molecular weight excluding hydrogens is 357 g/mol. The summed E-state index contributed by atoms with van der Waals surface area (Å²) < 4.78 is 20.1. The Hall–Kier alpha value is -2.94. The zero-order valence-corrected chi connectivity index (χ0v) is 14.7. The smallest absolute Gasteiger partial charge is 0.234 e. The third-order valence-electron chi connectivity index (χ3n) is 3.28. The number of amides is 1. The van der Waals surface area contributed by atoms with Crippen molar-refractivity contribution in [2.24, 2.45) is 0 Å². The number of aromatic nitrogens is 4. The van der Waals surface area contributed by atoms with Gasteiger partial charge >= 0.3 is 0 Å². The van der Waals surface area contributed by atoms with E-state index in [9.17, 15) is 9.18 Å². The number of anilines is 1. The predicted molar refractivity (Wildman–Crippen MR) is 96.1 cm³/mol. The van der Waals surface area contributed by atoms with Crippen LogP contribution in [0.4, 0.5) is 10.1 Å². The lowest BCUT2D eigenvalue weighted by molar-refractivity contribution is -0.113. The molecule has 9 heteroatoms. The lowest BCUT2D eigenvalue weighted by Crippen LogP contribution is -2.14. The summed E-state index contributed by atoms with van der Waals surface area (Å²) in [6.07, 6.45) is 0. The second-order valence-electron chi connectivity index (χ2n) is 5.15. The first-order valence-corrected chi connectivity index (χ1v) is 8.84. The number of rotatable bonds is 7. The number of nitrogens with one attached hydrogen (secondary N) is 1. The number of hydrogen-bond acceptors (Lipinski definition) is 6. The van der Waals surface area contributed by atoms with Gasteiger partial charge in [-0.2, -0.15) is 4.68 Å². The Balaban J connectivity index is 1.59. The fraction of sp³-hybridized carbons (Fsp3) is 0.176. The van der Waals surface area contributed by atoms with E-state index < -0.39 is 0 Å². The Morgan fingerprint density at radius 3 is 2.81 bits per heavy atom. The SMILES string of the molecule is CCOc1ccc(NC(=O)CSc2nnnn2-c2cccc(F)c2)cc1. The maximum absolute atomic E-state index is 13.4. The summed E-state index contributed by atoms with van der Waals surface area (Å²) in [5.41, 5.74) is 1.16. The first-order valence-electron chi connectivity index (χ1n) is 7.85. The summed E-state index contributed by atoms with van der Waals surface area (Å²) in [4.78, 5) is 12.1. The van der Waals surface area contributed by atoms with Gasteiger partial charge in [0.2, 0.25) is 11.1 Å². The van der Waals surface area contributed by atoms with Crippen molar-refractivity contribution in [1.29, 1.82) is 0 Å². The summed E-state index contributed by atoms with van der Waals surface area (Å²) in [5, 5.41) is 14.5. The van der Waals surface area contributed by atoms with Gasteiger partial charge in [0.25, 0.3) is 0 Å². The van der Waals surface area contributed by atoms with Gasteiger partial charge in [0, 0.05) is 5.69 Å². The number of carbonyl (C=O) groups is 1. The highest BCUT2D eigenvalue weighted by atomic mass is 32.2. The van der Waals surface area contributed by atoms with Crippen molar-refractivity contribution in [2.45, 2.75) is 12.1 Å². The maximum Gasteiger partial charge on any atom is 0.234 e. The lowest BCUT2D eigenvalue weighted by atomic mass is 10.3. The molecule has 134 valence electrons. The molecule has 1 heterocycles. The lowest BCUT2D eigenvalue weighted by Gasteiger charge is -2.07. The van der Waals surface area contributed by atoms with Crippen molar-refractivity contribution in [2.75, 3.05) is 17.7 Å². The molecule has 1 amide bonds. The molecule has 0 saturated heterocycles. The van der Waals surface area contributed by atoms with Crippen LogP contribution in [0.3, 0.4) is 0 Å². The van der Waals surface area contributed by atoms with E-state index in [2.05, 4.69) is 20.8 Å². The van der Waals surface area contributed by atoms with Crippen LogP contribution in [0, 0.1) is 5.82 Å². The third-order valence-corrected chi connectivity index (χ3v) is 4.19. The van der Waals surface area contributed by atoms with Gasteiger partial charge in [0.1, 0.15) is 11.6 Å². The van der Waals surface area contributed by atoms with Crippen LogP contribution in [0.2, 0.25) is 0 Å².